The fraction of sp³-hybridized carbons (Fsp3) is 0.632. The van der Waals surface area contributed by atoms with Crippen LogP contribution in [0, 0.1) is 5.92 Å². The van der Waals surface area contributed by atoms with Crippen LogP contribution in [-0.4, -0.2) is 31.7 Å². The Bertz CT molecular complexity index is 517. The van der Waals surface area contributed by atoms with Crippen LogP contribution in [0.4, 0.5) is 0 Å². The van der Waals surface area contributed by atoms with Gasteiger partial charge in [-0.05, 0) is 37.7 Å². The third-order valence-electron chi connectivity index (χ3n) is 5.52. The zero-order valence-corrected chi connectivity index (χ0v) is 15.0. The summed E-state index contributed by atoms with van der Waals surface area (Å²) < 4.78 is 5.55. The van der Waals surface area contributed by atoms with E-state index in [2.05, 4.69) is 29.6 Å². The second kappa shape index (κ2) is 8.84. The topological polar surface area (TPSA) is 64.4 Å². The molecule has 1 saturated carbocycles. The number of halogens is 1. The summed E-state index contributed by atoms with van der Waals surface area (Å²) in [5.41, 5.74) is 7.34. The summed E-state index contributed by atoms with van der Waals surface area (Å²) >= 11 is 0. The van der Waals surface area contributed by atoms with Crippen LogP contribution >= 0.6 is 12.4 Å². The van der Waals surface area contributed by atoms with Crippen LogP contribution in [0.5, 0.6) is 0 Å². The van der Waals surface area contributed by atoms with Crippen molar-refractivity contribution in [3.8, 4) is 0 Å². The lowest BCUT2D eigenvalue weighted by molar-refractivity contribution is -0.126. The highest BCUT2D eigenvalue weighted by atomic mass is 35.5. The van der Waals surface area contributed by atoms with Gasteiger partial charge in [0, 0.05) is 37.1 Å². The number of benzene rings is 1. The molecule has 0 bridgehead atoms. The summed E-state index contributed by atoms with van der Waals surface area (Å²) in [6.45, 7) is 2.23. The average Bonchev–Trinajstić information content (AvgIpc) is 2.61. The van der Waals surface area contributed by atoms with Crippen LogP contribution in [0.1, 0.15) is 44.1 Å². The van der Waals surface area contributed by atoms with Gasteiger partial charge in [0.2, 0.25) is 5.91 Å². The molecule has 3 rings (SSSR count). The van der Waals surface area contributed by atoms with Crippen molar-refractivity contribution >= 4 is 18.3 Å². The van der Waals surface area contributed by atoms with Crippen molar-refractivity contribution in [1.29, 1.82) is 0 Å². The predicted molar refractivity (Wildman–Crippen MR) is 98.4 cm³/mol. The maximum absolute atomic E-state index is 12.6. The van der Waals surface area contributed by atoms with E-state index in [9.17, 15) is 4.79 Å². The van der Waals surface area contributed by atoms with Gasteiger partial charge in [-0.1, -0.05) is 36.8 Å². The Morgan fingerprint density at radius 2 is 1.92 bits per heavy atom. The molecule has 1 amide bonds. The fourth-order valence-electron chi connectivity index (χ4n) is 3.99. The minimum atomic E-state index is 0. The molecule has 1 heterocycles. The molecular formula is C19H29ClN2O2. The van der Waals surface area contributed by atoms with Gasteiger partial charge in [-0.15, -0.1) is 12.4 Å². The Hall–Kier alpha value is -1.10. The number of amides is 1. The van der Waals surface area contributed by atoms with Crippen LogP contribution < -0.4 is 11.1 Å². The summed E-state index contributed by atoms with van der Waals surface area (Å²) in [6.07, 6.45) is 5.84. The van der Waals surface area contributed by atoms with Crippen LogP contribution in [-0.2, 0) is 14.9 Å². The van der Waals surface area contributed by atoms with Gasteiger partial charge < -0.3 is 15.8 Å². The van der Waals surface area contributed by atoms with E-state index < -0.39 is 0 Å². The molecule has 1 aliphatic carbocycles. The van der Waals surface area contributed by atoms with E-state index >= 15 is 0 Å². The van der Waals surface area contributed by atoms with Crippen molar-refractivity contribution in [1.82, 2.24) is 5.32 Å². The van der Waals surface area contributed by atoms with Crippen molar-refractivity contribution in [3.63, 3.8) is 0 Å². The first-order valence-corrected chi connectivity index (χ1v) is 8.86. The Morgan fingerprint density at radius 3 is 2.58 bits per heavy atom. The van der Waals surface area contributed by atoms with Crippen molar-refractivity contribution in [2.24, 2.45) is 11.7 Å². The van der Waals surface area contributed by atoms with Crippen LogP contribution in [0.3, 0.4) is 0 Å². The Morgan fingerprint density at radius 1 is 1.21 bits per heavy atom. The van der Waals surface area contributed by atoms with Gasteiger partial charge in [0.15, 0.2) is 0 Å². The summed E-state index contributed by atoms with van der Waals surface area (Å²) in [6, 6.07) is 10.7. The molecule has 0 spiro atoms. The molecule has 5 heteroatoms. The number of hydrogen-bond acceptors (Lipinski definition) is 3. The number of nitrogens with two attached hydrogens (primary N) is 1. The van der Waals surface area contributed by atoms with Crippen molar-refractivity contribution in [2.75, 3.05) is 19.8 Å². The Kier molecular flexibility index (Phi) is 7.08. The van der Waals surface area contributed by atoms with Gasteiger partial charge in [-0.3, -0.25) is 4.79 Å². The highest BCUT2D eigenvalue weighted by Gasteiger charge is 2.35. The van der Waals surface area contributed by atoms with Crippen molar-refractivity contribution in [3.05, 3.63) is 35.9 Å². The van der Waals surface area contributed by atoms with E-state index in [0.717, 1.165) is 51.7 Å². The molecule has 2 atom stereocenters. The van der Waals surface area contributed by atoms with Gasteiger partial charge in [-0.25, -0.2) is 0 Å². The van der Waals surface area contributed by atoms with Crippen molar-refractivity contribution < 1.29 is 9.53 Å². The van der Waals surface area contributed by atoms with E-state index in [-0.39, 0.29) is 35.7 Å². The first-order chi connectivity index (χ1) is 11.2. The van der Waals surface area contributed by atoms with Gasteiger partial charge in [0.1, 0.15) is 0 Å². The van der Waals surface area contributed by atoms with Crippen LogP contribution in [0.2, 0.25) is 0 Å². The molecule has 2 unspecified atom stereocenters. The second-order valence-corrected chi connectivity index (χ2v) is 7.10. The van der Waals surface area contributed by atoms with E-state index in [1.54, 1.807) is 0 Å². The molecule has 2 aliphatic rings. The standard InChI is InChI=1S/C19H28N2O2.ClH/c20-17-8-4-5-15(13-17)18(22)21-14-19(9-11-23-12-10-19)16-6-2-1-3-7-16;/h1-3,6-7,15,17H,4-5,8-14,20H2,(H,21,22);1H. The quantitative estimate of drug-likeness (QED) is 0.875. The number of nitrogens with one attached hydrogen (secondary N) is 1. The molecule has 0 radical (unpaired) electrons. The molecule has 24 heavy (non-hydrogen) atoms. The van der Waals surface area contributed by atoms with E-state index in [1.807, 2.05) is 6.07 Å². The Labute approximate surface area is 150 Å². The molecular weight excluding hydrogens is 324 g/mol. The third-order valence-corrected chi connectivity index (χ3v) is 5.52. The molecule has 0 aromatic heterocycles. The van der Waals surface area contributed by atoms with Crippen LogP contribution in [0.25, 0.3) is 0 Å². The van der Waals surface area contributed by atoms with Crippen molar-refractivity contribution in [2.45, 2.75) is 50.0 Å². The number of carbonyl (C=O) groups excluding carboxylic acids is 1. The zero-order valence-electron chi connectivity index (χ0n) is 14.2. The lowest BCUT2D eigenvalue weighted by atomic mass is 9.74. The average molecular weight is 353 g/mol. The maximum atomic E-state index is 12.6. The first-order valence-electron chi connectivity index (χ1n) is 8.86. The first kappa shape index (κ1) is 19.2. The van der Waals surface area contributed by atoms with Crippen LogP contribution in [0.15, 0.2) is 30.3 Å². The molecule has 1 aromatic rings. The lowest BCUT2D eigenvalue weighted by Crippen LogP contribution is -2.47. The van der Waals surface area contributed by atoms with E-state index in [1.165, 1.54) is 5.56 Å². The third kappa shape index (κ3) is 4.50. The van der Waals surface area contributed by atoms with Gasteiger partial charge in [-0.2, -0.15) is 0 Å². The smallest absolute Gasteiger partial charge is 0.223 e. The Balaban J connectivity index is 0.00000208. The summed E-state index contributed by atoms with van der Waals surface area (Å²) in [5.74, 6) is 0.272. The highest BCUT2D eigenvalue weighted by Crippen LogP contribution is 2.34. The lowest BCUT2D eigenvalue weighted by Gasteiger charge is -2.38. The normalized spacial score (nSPS) is 26.2. The summed E-state index contributed by atoms with van der Waals surface area (Å²) in [7, 11) is 0. The molecule has 2 fully saturated rings. The zero-order chi connectivity index (χ0) is 16.1. The van der Waals surface area contributed by atoms with E-state index in [4.69, 9.17) is 10.5 Å². The number of carbonyl (C=O) groups is 1. The molecule has 4 nitrogen and oxygen atoms in total. The molecule has 134 valence electrons. The second-order valence-electron chi connectivity index (χ2n) is 7.10. The largest absolute Gasteiger partial charge is 0.381 e. The van der Waals surface area contributed by atoms with Gasteiger partial charge >= 0.3 is 0 Å². The minimum Gasteiger partial charge on any atom is -0.381 e. The number of hydrogen-bond donors (Lipinski definition) is 2. The molecule has 1 saturated heterocycles. The summed E-state index contributed by atoms with van der Waals surface area (Å²) in [4.78, 5) is 12.6. The maximum Gasteiger partial charge on any atom is 0.223 e. The summed E-state index contributed by atoms with van der Waals surface area (Å²) in [5, 5.41) is 3.23. The number of rotatable bonds is 4. The highest BCUT2D eigenvalue weighted by molar-refractivity contribution is 5.85. The molecule has 3 N–H and O–H groups in total. The van der Waals surface area contributed by atoms with Gasteiger partial charge in [0.05, 0.1) is 0 Å². The SMILES string of the molecule is Cl.NC1CCCC(C(=O)NCC2(c3ccccc3)CCOCC2)C1. The van der Waals surface area contributed by atoms with Gasteiger partial charge in [0.25, 0.3) is 0 Å². The minimum absolute atomic E-state index is 0. The van der Waals surface area contributed by atoms with E-state index in [0.29, 0.717) is 6.54 Å². The predicted octanol–water partition coefficient (Wildman–Crippen LogP) is 2.79. The number of ether oxygens (including phenoxy) is 1. The molecule has 1 aliphatic heterocycles. The fourth-order valence-corrected chi connectivity index (χ4v) is 3.99. The monoisotopic (exact) mass is 352 g/mol. The molecule has 1 aromatic carbocycles.